The summed E-state index contributed by atoms with van der Waals surface area (Å²) < 4.78 is 0. The third-order valence-corrected chi connectivity index (χ3v) is 0.880. The zero-order valence-electron chi connectivity index (χ0n) is 6.20. The molecule has 0 aliphatic rings. The van der Waals surface area contributed by atoms with Crippen LogP contribution in [0.25, 0.3) is 0 Å². The van der Waals surface area contributed by atoms with E-state index in [1.165, 1.54) is 0 Å². The van der Waals surface area contributed by atoms with Gasteiger partial charge in [0, 0.05) is 6.21 Å². The largest absolute Gasteiger partial charge is 0.246 e. The van der Waals surface area contributed by atoms with E-state index in [1.807, 2.05) is 19.1 Å². The van der Waals surface area contributed by atoms with Crippen molar-refractivity contribution < 1.29 is 0 Å². The van der Waals surface area contributed by atoms with E-state index in [0.29, 0.717) is 5.70 Å². The lowest BCUT2D eigenvalue weighted by molar-refractivity contribution is 1.37. The van der Waals surface area contributed by atoms with Gasteiger partial charge >= 0.3 is 0 Å². The Labute approximate surface area is 61.2 Å². The van der Waals surface area contributed by atoms with Crippen LogP contribution in [-0.2, 0) is 0 Å². The summed E-state index contributed by atoms with van der Waals surface area (Å²) >= 11 is 0. The first-order chi connectivity index (χ1) is 4.85. The van der Waals surface area contributed by atoms with E-state index >= 15 is 0 Å². The molecule has 0 saturated carbocycles. The van der Waals surface area contributed by atoms with E-state index in [-0.39, 0.29) is 0 Å². The Hall–Kier alpha value is -1.36. The fourth-order valence-electron chi connectivity index (χ4n) is 0.377. The maximum Gasteiger partial charge on any atom is 0.136 e. The number of hydrogen-bond donors (Lipinski definition) is 0. The molecule has 0 aromatic carbocycles. The Morgan fingerprint density at radius 1 is 1.50 bits per heavy atom. The number of aliphatic imine (C=N–C) groups is 1. The molecule has 0 rings (SSSR count). The van der Waals surface area contributed by atoms with Gasteiger partial charge in [0.1, 0.15) is 11.8 Å². The summed E-state index contributed by atoms with van der Waals surface area (Å²) in [6.45, 7) is 3.68. The lowest BCUT2D eigenvalue weighted by Crippen LogP contribution is -1.70. The molecule has 0 aromatic rings. The van der Waals surface area contributed by atoms with Crippen LogP contribution in [0.3, 0.4) is 0 Å². The van der Waals surface area contributed by atoms with Gasteiger partial charge in [-0.15, -0.1) is 0 Å². The van der Waals surface area contributed by atoms with Crippen molar-refractivity contribution in [2.45, 2.75) is 13.8 Å². The summed E-state index contributed by atoms with van der Waals surface area (Å²) in [5.41, 5.74) is 0.443. The van der Waals surface area contributed by atoms with Gasteiger partial charge in [0.15, 0.2) is 0 Å². The molecule has 2 heteroatoms. The van der Waals surface area contributed by atoms with Crippen LogP contribution in [0.2, 0.25) is 0 Å². The molecule has 2 nitrogen and oxygen atoms in total. The number of nitrogens with zero attached hydrogens (tertiary/aromatic N) is 2. The first kappa shape index (κ1) is 8.64. The van der Waals surface area contributed by atoms with E-state index in [2.05, 4.69) is 4.99 Å². The number of hydrogen-bond acceptors (Lipinski definition) is 2. The molecule has 0 aliphatic heterocycles. The van der Waals surface area contributed by atoms with Gasteiger partial charge in [0.05, 0.1) is 0 Å². The second-order valence-electron chi connectivity index (χ2n) is 1.59. The molecule has 0 radical (unpaired) electrons. The van der Waals surface area contributed by atoms with Gasteiger partial charge in [0.2, 0.25) is 0 Å². The topological polar surface area (TPSA) is 36.1 Å². The Morgan fingerprint density at radius 3 is 2.60 bits per heavy atom. The molecule has 0 amide bonds. The lowest BCUT2D eigenvalue weighted by Gasteiger charge is -1.80. The molecule has 0 atom stereocenters. The highest BCUT2D eigenvalue weighted by Gasteiger charge is 1.81. The first-order valence-electron chi connectivity index (χ1n) is 3.07. The second-order valence-corrected chi connectivity index (χ2v) is 1.59. The number of nitriles is 1. The van der Waals surface area contributed by atoms with Gasteiger partial charge in [-0.3, -0.25) is 0 Å². The molecule has 0 N–H and O–H groups in total. The summed E-state index contributed by atoms with van der Waals surface area (Å²) in [5, 5.41) is 8.37. The van der Waals surface area contributed by atoms with Crippen molar-refractivity contribution >= 4 is 6.21 Å². The van der Waals surface area contributed by atoms with Crippen LogP contribution < -0.4 is 0 Å². The minimum atomic E-state index is 0.443. The van der Waals surface area contributed by atoms with E-state index in [9.17, 15) is 0 Å². The predicted molar refractivity (Wildman–Crippen MR) is 42.7 cm³/mol. The van der Waals surface area contributed by atoms with E-state index in [0.717, 1.165) is 0 Å². The maximum atomic E-state index is 8.37. The van der Waals surface area contributed by atoms with Crippen molar-refractivity contribution in [3.05, 3.63) is 23.9 Å². The normalized spacial score (nSPS) is 12.7. The monoisotopic (exact) mass is 134 g/mol. The van der Waals surface area contributed by atoms with Gasteiger partial charge in [-0.05, 0) is 19.9 Å². The minimum Gasteiger partial charge on any atom is -0.246 e. The highest BCUT2D eigenvalue weighted by atomic mass is 14.7. The highest BCUT2D eigenvalue weighted by molar-refractivity contribution is 5.72. The van der Waals surface area contributed by atoms with Gasteiger partial charge in [0.25, 0.3) is 0 Å². The SMILES string of the molecule is CC=CC=N/C(C#N)=C\C. The third kappa shape index (κ3) is 3.62. The van der Waals surface area contributed by atoms with Crippen molar-refractivity contribution in [3.63, 3.8) is 0 Å². The lowest BCUT2D eigenvalue weighted by atomic mass is 10.4. The Morgan fingerprint density at radius 2 is 2.20 bits per heavy atom. The second kappa shape index (κ2) is 5.77. The van der Waals surface area contributed by atoms with E-state index in [1.54, 1.807) is 25.3 Å². The van der Waals surface area contributed by atoms with Gasteiger partial charge in [-0.25, -0.2) is 4.99 Å². The van der Waals surface area contributed by atoms with Crippen molar-refractivity contribution in [3.8, 4) is 6.07 Å². The molecule has 0 aliphatic carbocycles. The van der Waals surface area contributed by atoms with Crippen molar-refractivity contribution in [2.75, 3.05) is 0 Å². The first-order valence-corrected chi connectivity index (χ1v) is 3.07. The van der Waals surface area contributed by atoms with Crippen LogP contribution in [-0.4, -0.2) is 6.21 Å². The van der Waals surface area contributed by atoms with Crippen LogP contribution in [0.4, 0.5) is 0 Å². The fourth-order valence-corrected chi connectivity index (χ4v) is 0.377. The molecule has 0 saturated heterocycles. The van der Waals surface area contributed by atoms with E-state index < -0.39 is 0 Å². The molecule has 10 heavy (non-hydrogen) atoms. The van der Waals surface area contributed by atoms with Crippen LogP contribution in [0.15, 0.2) is 28.9 Å². The smallest absolute Gasteiger partial charge is 0.136 e. The predicted octanol–water partition coefficient (Wildman–Crippen LogP) is 2.06. The third-order valence-electron chi connectivity index (χ3n) is 0.880. The number of rotatable bonds is 2. The highest BCUT2D eigenvalue weighted by Crippen LogP contribution is 1.90. The quantitative estimate of drug-likeness (QED) is 0.420. The Balaban J connectivity index is 4.02. The van der Waals surface area contributed by atoms with Crippen LogP contribution in [0, 0.1) is 11.3 Å². The molecular weight excluding hydrogens is 124 g/mol. The standard InChI is InChI=1S/C8H10N2/c1-3-5-6-10-8(4-2)7-9/h3-6H,1-2H3/b5-3?,8-4-,10-6?. The molecule has 0 aromatic heterocycles. The summed E-state index contributed by atoms with van der Waals surface area (Å²) in [4.78, 5) is 3.84. The fraction of sp³-hybridized carbons (Fsp3) is 0.250. The molecule has 0 fully saturated rings. The van der Waals surface area contributed by atoms with Crippen LogP contribution in [0.5, 0.6) is 0 Å². The summed E-state index contributed by atoms with van der Waals surface area (Å²) in [7, 11) is 0. The van der Waals surface area contributed by atoms with Crippen molar-refractivity contribution in [1.29, 1.82) is 5.26 Å². The molecule has 52 valence electrons. The number of allylic oxidation sites excluding steroid dienone is 4. The summed E-state index contributed by atoms with van der Waals surface area (Å²) in [6, 6.07) is 1.94. The summed E-state index contributed by atoms with van der Waals surface area (Å²) in [6.07, 6.45) is 6.90. The van der Waals surface area contributed by atoms with Gasteiger partial charge < -0.3 is 0 Å². The van der Waals surface area contributed by atoms with E-state index in [4.69, 9.17) is 5.26 Å². The summed E-state index contributed by atoms with van der Waals surface area (Å²) in [5.74, 6) is 0. The minimum absolute atomic E-state index is 0.443. The zero-order chi connectivity index (χ0) is 7.82. The van der Waals surface area contributed by atoms with Crippen molar-refractivity contribution in [2.24, 2.45) is 4.99 Å². The Bertz CT molecular complexity index is 204. The molecule has 0 bridgehead atoms. The average Bonchev–Trinajstić information content (AvgIpc) is 1.99. The molecule has 0 unspecified atom stereocenters. The Kier molecular flexibility index (Phi) is 4.99. The molecular formula is C8H10N2. The zero-order valence-corrected chi connectivity index (χ0v) is 6.20. The van der Waals surface area contributed by atoms with Crippen LogP contribution in [0.1, 0.15) is 13.8 Å². The van der Waals surface area contributed by atoms with Crippen LogP contribution >= 0.6 is 0 Å². The van der Waals surface area contributed by atoms with Gasteiger partial charge in [-0.1, -0.05) is 12.2 Å². The molecule has 0 heterocycles. The average molecular weight is 134 g/mol. The maximum absolute atomic E-state index is 8.37. The van der Waals surface area contributed by atoms with Gasteiger partial charge in [-0.2, -0.15) is 5.26 Å². The van der Waals surface area contributed by atoms with Crippen molar-refractivity contribution in [1.82, 2.24) is 0 Å². The molecule has 0 spiro atoms.